The first-order valence-corrected chi connectivity index (χ1v) is 5.27. The molecule has 6 nitrogen and oxygen atoms in total. The Morgan fingerprint density at radius 2 is 2.00 bits per heavy atom. The van der Waals surface area contributed by atoms with E-state index in [2.05, 4.69) is 6.58 Å². The van der Waals surface area contributed by atoms with Crippen LogP contribution in [0, 0.1) is 0 Å². The van der Waals surface area contributed by atoms with Crippen LogP contribution in [0.15, 0.2) is 12.7 Å². The summed E-state index contributed by atoms with van der Waals surface area (Å²) < 4.78 is 4.80. The van der Waals surface area contributed by atoms with Crippen LogP contribution in [0.25, 0.3) is 0 Å². The molecule has 96 valence electrons. The van der Waals surface area contributed by atoms with Gasteiger partial charge in [-0.05, 0) is 13.0 Å². The quantitative estimate of drug-likeness (QED) is 0.351. The summed E-state index contributed by atoms with van der Waals surface area (Å²) in [4.78, 5) is 34.4. The van der Waals surface area contributed by atoms with Crippen molar-refractivity contribution in [3.8, 4) is 0 Å². The number of rotatable bonds is 8. The number of carbonyl (C=O) groups is 3. The molecule has 0 aliphatic carbocycles. The van der Waals surface area contributed by atoms with Gasteiger partial charge in [0, 0.05) is 13.1 Å². The Bertz CT molecular complexity index is 302. The molecule has 0 saturated carbocycles. The van der Waals surface area contributed by atoms with E-state index < -0.39 is 5.97 Å². The third-order valence-corrected chi connectivity index (χ3v) is 1.90. The van der Waals surface area contributed by atoms with Crippen LogP contribution < -0.4 is 5.73 Å². The van der Waals surface area contributed by atoms with Crippen molar-refractivity contribution in [3.63, 3.8) is 0 Å². The van der Waals surface area contributed by atoms with Crippen LogP contribution in [0.1, 0.15) is 13.3 Å². The van der Waals surface area contributed by atoms with Gasteiger partial charge in [0.05, 0.1) is 6.54 Å². The maximum atomic E-state index is 11.3. The fourth-order valence-electron chi connectivity index (χ4n) is 1.14. The number of esters is 1. The third-order valence-electron chi connectivity index (χ3n) is 1.90. The Balaban J connectivity index is 3.97. The van der Waals surface area contributed by atoms with Gasteiger partial charge >= 0.3 is 5.97 Å². The van der Waals surface area contributed by atoms with Crippen molar-refractivity contribution in [1.29, 1.82) is 0 Å². The third kappa shape index (κ3) is 7.24. The first-order chi connectivity index (χ1) is 8.01. The van der Waals surface area contributed by atoms with Gasteiger partial charge in [-0.2, -0.15) is 0 Å². The number of hydrogen-bond donors (Lipinski definition) is 1. The Morgan fingerprint density at radius 1 is 1.35 bits per heavy atom. The van der Waals surface area contributed by atoms with Crippen molar-refractivity contribution >= 4 is 17.7 Å². The molecule has 0 radical (unpaired) electrons. The van der Waals surface area contributed by atoms with Gasteiger partial charge in [0.1, 0.15) is 18.8 Å². The largest absolute Gasteiger partial charge is 0.463 e. The van der Waals surface area contributed by atoms with E-state index in [1.165, 1.54) is 17.9 Å². The summed E-state index contributed by atoms with van der Waals surface area (Å²) >= 11 is 0. The number of ether oxygens (including phenoxy) is 1. The zero-order valence-electron chi connectivity index (χ0n) is 9.98. The molecule has 1 amide bonds. The monoisotopic (exact) mass is 242 g/mol. The van der Waals surface area contributed by atoms with E-state index in [9.17, 15) is 14.4 Å². The Kier molecular flexibility index (Phi) is 7.62. The predicted molar refractivity (Wildman–Crippen MR) is 62.1 cm³/mol. The molecular formula is C11H18N2O4. The van der Waals surface area contributed by atoms with Gasteiger partial charge in [0.25, 0.3) is 0 Å². The molecule has 0 unspecified atom stereocenters. The second-order valence-corrected chi connectivity index (χ2v) is 3.42. The fraction of sp³-hybridized carbons (Fsp3) is 0.545. The normalized spacial score (nSPS) is 9.53. The molecule has 0 spiro atoms. The average molecular weight is 242 g/mol. The van der Waals surface area contributed by atoms with Crippen LogP contribution >= 0.6 is 0 Å². The van der Waals surface area contributed by atoms with Gasteiger partial charge in [0.15, 0.2) is 0 Å². The van der Waals surface area contributed by atoms with Crippen LogP contribution in [-0.4, -0.2) is 48.8 Å². The second-order valence-electron chi connectivity index (χ2n) is 3.42. The van der Waals surface area contributed by atoms with Crippen molar-refractivity contribution in [2.24, 2.45) is 5.73 Å². The van der Waals surface area contributed by atoms with E-state index in [-0.39, 0.29) is 31.3 Å². The lowest BCUT2D eigenvalue weighted by Gasteiger charge is -2.19. The molecule has 0 saturated heterocycles. The molecule has 0 bridgehead atoms. The van der Waals surface area contributed by atoms with E-state index in [4.69, 9.17) is 10.5 Å². The number of Topliss-reactive ketones (excluding diaryl/α,β-unsaturated/α-hetero) is 1. The van der Waals surface area contributed by atoms with Gasteiger partial charge in [0.2, 0.25) is 5.91 Å². The number of nitrogens with two attached hydrogens (primary N) is 1. The molecule has 2 N–H and O–H groups in total. The molecule has 0 aromatic heterocycles. The van der Waals surface area contributed by atoms with Crippen molar-refractivity contribution in [2.45, 2.75) is 13.3 Å². The minimum absolute atomic E-state index is 0.0473. The highest BCUT2D eigenvalue weighted by atomic mass is 16.5. The van der Waals surface area contributed by atoms with Gasteiger partial charge in [-0.15, -0.1) is 0 Å². The van der Waals surface area contributed by atoms with Crippen LogP contribution in [0.2, 0.25) is 0 Å². The lowest BCUT2D eigenvalue weighted by Crippen LogP contribution is -2.37. The van der Waals surface area contributed by atoms with Crippen molar-refractivity contribution in [2.75, 3.05) is 26.2 Å². The minimum Gasteiger partial charge on any atom is -0.463 e. The Hall–Kier alpha value is -1.69. The fourth-order valence-corrected chi connectivity index (χ4v) is 1.14. The summed E-state index contributed by atoms with van der Waals surface area (Å²) in [6.45, 7) is 5.65. The summed E-state index contributed by atoms with van der Waals surface area (Å²) in [7, 11) is 0. The molecule has 0 aliphatic rings. The van der Waals surface area contributed by atoms with Crippen LogP contribution in [-0.2, 0) is 19.1 Å². The Morgan fingerprint density at radius 3 is 2.47 bits per heavy atom. The lowest BCUT2D eigenvalue weighted by molar-refractivity contribution is -0.147. The number of ketones is 1. The maximum Gasteiger partial charge on any atom is 0.313 e. The van der Waals surface area contributed by atoms with Crippen molar-refractivity contribution in [1.82, 2.24) is 4.90 Å². The van der Waals surface area contributed by atoms with E-state index in [0.29, 0.717) is 13.1 Å². The van der Waals surface area contributed by atoms with Crippen LogP contribution in [0.5, 0.6) is 0 Å². The molecule has 0 aromatic carbocycles. The van der Waals surface area contributed by atoms with Gasteiger partial charge in [-0.3, -0.25) is 14.4 Å². The zero-order valence-corrected chi connectivity index (χ0v) is 9.98. The summed E-state index contributed by atoms with van der Waals surface area (Å²) in [6.07, 6.45) is 0.930. The van der Waals surface area contributed by atoms with E-state index in [1.807, 2.05) is 0 Å². The Labute approximate surface area is 100 Å². The van der Waals surface area contributed by atoms with E-state index >= 15 is 0 Å². The molecule has 17 heavy (non-hydrogen) atoms. The average Bonchev–Trinajstić information content (AvgIpc) is 2.26. The molecule has 0 aromatic rings. The SMILES string of the molecule is C=CC(=O)N(CCN)CCOC(=O)CC(C)=O. The van der Waals surface area contributed by atoms with Gasteiger partial charge in [-0.25, -0.2) is 0 Å². The lowest BCUT2D eigenvalue weighted by atomic mass is 10.3. The highest BCUT2D eigenvalue weighted by molar-refractivity contribution is 5.94. The zero-order chi connectivity index (χ0) is 13.3. The topological polar surface area (TPSA) is 89.7 Å². The van der Waals surface area contributed by atoms with E-state index in [1.54, 1.807) is 0 Å². The number of carbonyl (C=O) groups excluding carboxylic acids is 3. The first kappa shape index (κ1) is 15.3. The number of amides is 1. The molecule has 0 fully saturated rings. The summed E-state index contributed by atoms with van der Waals surface area (Å²) in [5.74, 6) is -1.11. The second kappa shape index (κ2) is 8.46. The highest BCUT2D eigenvalue weighted by Gasteiger charge is 2.11. The summed E-state index contributed by atoms with van der Waals surface area (Å²) in [6, 6.07) is 0. The van der Waals surface area contributed by atoms with Crippen LogP contribution in [0.4, 0.5) is 0 Å². The maximum absolute atomic E-state index is 11.3. The smallest absolute Gasteiger partial charge is 0.313 e. The summed E-state index contributed by atoms with van der Waals surface area (Å²) in [5, 5.41) is 0. The molecule has 0 atom stereocenters. The molecule has 0 aliphatic heterocycles. The molecular weight excluding hydrogens is 224 g/mol. The summed E-state index contributed by atoms with van der Waals surface area (Å²) in [5.41, 5.74) is 5.34. The highest BCUT2D eigenvalue weighted by Crippen LogP contribution is 1.93. The minimum atomic E-state index is -0.587. The predicted octanol–water partition coefficient (Wildman–Crippen LogP) is -0.518. The van der Waals surface area contributed by atoms with Crippen molar-refractivity contribution < 1.29 is 19.1 Å². The molecule has 0 rings (SSSR count). The standard InChI is InChI=1S/C11H18N2O4/c1-3-10(15)13(5-4-12)6-7-17-11(16)8-9(2)14/h3H,1,4-8,12H2,2H3. The van der Waals surface area contributed by atoms with Crippen LogP contribution in [0.3, 0.4) is 0 Å². The molecule has 0 heterocycles. The van der Waals surface area contributed by atoms with E-state index in [0.717, 1.165) is 0 Å². The van der Waals surface area contributed by atoms with Gasteiger partial charge in [-0.1, -0.05) is 6.58 Å². The number of hydrogen-bond acceptors (Lipinski definition) is 5. The number of nitrogens with zero attached hydrogens (tertiary/aromatic N) is 1. The van der Waals surface area contributed by atoms with Gasteiger partial charge < -0.3 is 15.4 Å². The molecule has 6 heteroatoms. The van der Waals surface area contributed by atoms with Crippen molar-refractivity contribution in [3.05, 3.63) is 12.7 Å². The first-order valence-electron chi connectivity index (χ1n) is 5.27.